The lowest BCUT2D eigenvalue weighted by atomic mass is 10.0. The molecule has 94 valence electrons. The lowest BCUT2D eigenvalue weighted by Crippen LogP contribution is -2.42. The van der Waals surface area contributed by atoms with Gasteiger partial charge in [0.25, 0.3) is 0 Å². The number of rotatable bonds is 4. The molecule has 1 aromatic heterocycles. The number of hydrogen-bond acceptors (Lipinski definition) is 3. The third-order valence-corrected chi connectivity index (χ3v) is 3.79. The predicted molar refractivity (Wildman–Crippen MR) is 70.9 cm³/mol. The van der Waals surface area contributed by atoms with Gasteiger partial charge in [0.2, 0.25) is 0 Å². The summed E-state index contributed by atoms with van der Waals surface area (Å²) in [6, 6.07) is 7.37. The van der Waals surface area contributed by atoms with Gasteiger partial charge in [0.1, 0.15) is 0 Å². The van der Waals surface area contributed by atoms with E-state index in [2.05, 4.69) is 41.3 Å². The molecule has 1 saturated heterocycles. The van der Waals surface area contributed by atoms with Crippen LogP contribution in [0.2, 0.25) is 0 Å². The van der Waals surface area contributed by atoms with Crippen LogP contribution in [0.25, 0.3) is 0 Å². The molecule has 1 aliphatic heterocycles. The lowest BCUT2D eigenvalue weighted by Gasteiger charge is -2.36. The van der Waals surface area contributed by atoms with E-state index in [9.17, 15) is 0 Å². The van der Waals surface area contributed by atoms with Crippen molar-refractivity contribution in [3.8, 4) is 0 Å². The molecule has 0 bridgehead atoms. The van der Waals surface area contributed by atoms with Crippen LogP contribution in [-0.4, -0.2) is 36.1 Å². The molecule has 1 aromatic rings. The number of nitrogens with one attached hydrogen (secondary N) is 1. The molecular weight excluding hydrogens is 210 g/mol. The minimum atomic E-state index is 0.458. The first-order valence-electron chi connectivity index (χ1n) is 6.66. The molecule has 0 amide bonds. The maximum atomic E-state index is 4.51. The largest absolute Gasteiger partial charge is 0.317 e. The highest BCUT2D eigenvalue weighted by Gasteiger charge is 2.24. The second kappa shape index (κ2) is 6.12. The Balaban J connectivity index is 2.07. The zero-order valence-electron chi connectivity index (χ0n) is 10.9. The number of hydrogen-bond donors (Lipinski definition) is 1. The van der Waals surface area contributed by atoms with Gasteiger partial charge in [-0.25, -0.2) is 0 Å². The fourth-order valence-corrected chi connectivity index (χ4v) is 2.75. The van der Waals surface area contributed by atoms with Crippen LogP contribution in [-0.2, 0) is 0 Å². The van der Waals surface area contributed by atoms with Crippen LogP contribution in [0.1, 0.15) is 37.9 Å². The lowest BCUT2D eigenvalue weighted by molar-refractivity contribution is 0.136. The van der Waals surface area contributed by atoms with E-state index in [0.29, 0.717) is 12.1 Å². The first kappa shape index (κ1) is 12.5. The van der Waals surface area contributed by atoms with Crippen molar-refractivity contribution in [1.82, 2.24) is 15.2 Å². The van der Waals surface area contributed by atoms with Crippen LogP contribution in [0.5, 0.6) is 0 Å². The maximum Gasteiger partial charge on any atom is 0.0575 e. The van der Waals surface area contributed by atoms with E-state index in [0.717, 1.165) is 19.5 Å². The van der Waals surface area contributed by atoms with Crippen LogP contribution in [0.4, 0.5) is 0 Å². The minimum Gasteiger partial charge on any atom is -0.317 e. The summed E-state index contributed by atoms with van der Waals surface area (Å²) in [4.78, 5) is 7.03. The van der Waals surface area contributed by atoms with E-state index in [1.807, 2.05) is 12.3 Å². The Bertz CT molecular complexity index is 319. The van der Waals surface area contributed by atoms with Crippen molar-refractivity contribution in [2.24, 2.45) is 0 Å². The van der Waals surface area contributed by atoms with E-state index in [1.54, 1.807) is 0 Å². The van der Waals surface area contributed by atoms with Crippen LogP contribution < -0.4 is 5.32 Å². The predicted octanol–water partition coefficient (Wildman–Crippen LogP) is 2.22. The Labute approximate surface area is 104 Å². The van der Waals surface area contributed by atoms with Crippen molar-refractivity contribution >= 4 is 0 Å². The molecule has 1 atom stereocenters. The summed E-state index contributed by atoms with van der Waals surface area (Å²) in [6.45, 7) is 4.54. The van der Waals surface area contributed by atoms with E-state index in [1.165, 1.54) is 18.5 Å². The van der Waals surface area contributed by atoms with Gasteiger partial charge < -0.3 is 5.32 Å². The Morgan fingerprint density at radius 2 is 2.18 bits per heavy atom. The fourth-order valence-electron chi connectivity index (χ4n) is 2.75. The van der Waals surface area contributed by atoms with Crippen LogP contribution in [0.15, 0.2) is 24.4 Å². The first-order valence-corrected chi connectivity index (χ1v) is 6.66. The molecule has 3 heteroatoms. The summed E-state index contributed by atoms with van der Waals surface area (Å²) in [6.07, 6.45) is 5.52. The minimum absolute atomic E-state index is 0.458. The van der Waals surface area contributed by atoms with E-state index < -0.39 is 0 Å². The maximum absolute atomic E-state index is 4.51. The Morgan fingerprint density at radius 1 is 1.41 bits per heavy atom. The van der Waals surface area contributed by atoms with Crippen molar-refractivity contribution in [2.75, 3.05) is 20.1 Å². The third kappa shape index (κ3) is 3.05. The molecular formula is C14H23N3. The van der Waals surface area contributed by atoms with Gasteiger partial charge >= 0.3 is 0 Å². The highest BCUT2D eigenvalue weighted by Crippen LogP contribution is 2.25. The number of piperidine rings is 1. The monoisotopic (exact) mass is 233 g/mol. The van der Waals surface area contributed by atoms with Gasteiger partial charge in [-0.3, -0.25) is 9.88 Å². The third-order valence-electron chi connectivity index (χ3n) is 3.79. The van der Waals surface area contributed by atoms with Gasteiger partial charge in [-0.2, -0.15) is 0 Å². The molecule has 1 aliphatic rings. The van der Waals surface area contributed by atoms with E-state index in [4.69, 9.17) is 0 Å². The van der Waals surface area contributed by atoms with Crippen molar-refractivity contribution < 1.29 is 0 Å². The molecule has 17 heavy (non-hydrogen) atoms. The zero-order valence-corrected chi connectivity index (χ0v) is 10.9. The second-order valence-corrected chi connectivity index (χ2v) is 4.83. The molecule has 1 N–H and O–H groups in total. The Kier molecular flexibility index (Phi) is 4.51. The summed E-state index contributed by atoms with van der Waals surface area (Å²) in [5.41, 5.74) is 1.20. The van der Waals surface area contributed by atoms with Gasteiger partial charge in [0.05, 0.1) is 11.7 Å². The standard InChI is InChI=1S/C14H23N3/c1-3-14(13-6-4-5-9-16-13)17(2)12-7-10-15-11-8-12/h4-6,9,12,14-15H,3,7-8,10-11H2,1-2H3/t14-/m1/s1. The summed E-state index contributed by atoms with van der Waals surface area (Å²) in [7, 11) is 2.25. The van der Waals surface area contributed by atoms with E-state index >= 15 is 0 Å². The molecule has 2 heterocycles. The quantitative estimate of drug-likeness (QED) is 0.864. The fraction of sp³-hybridized carbons (Fsp3) is 0.643. The SMILES string of the molecule is CC[C@H](c1ccccn1)N(C)C1CCNCC1. The molecule has 0 radical (unpaired) electrons. The van der Waals surface area contributed by atoms with Gasteiger partial charge in [0.15, 0.2) is 0 Å². The van der Waals surface area contributed by atoms with Crippen LogP contribution in [0, 0.1) is 0 Å². The average Bonchev–Trinajstić information content (AvgIpc) is 2.42. The van der Waals surface area contributed by atoms with Gasteiger partial charge in [-0.15, -0.1) is 0 Å². The molecule has 3 nitrogen and oxygen atoms in total. The number of nitrogens with zero attached hydrogens (tertiary/aromatic N) is 2. The van der Waals surface area contributed by atoms with Gasteiger partial charge in [-0.05, 0) is 51.5 Å². The van der Waals surface area contributed by atoms with Crippen molar-refractivity contribution in [2.45, 2.75) is 38.3 Å². The Hall–Kier alpha value is -0.930. The average molecular weight is 233 g/mol. The molecule has 0 aliphatic carbocycles. The first-order chi connectivity index (χ1) is 8.33. The second-order valence-electron chi connectivity index (χ2n) is 4.83. The molecule has 0 saturated carbocycles. The smallest absolute Gasteiger partial charge is 0.0575 e. The van der Waals surface area contributed by atoms with E-state index in [-0.39, 0.29) is 0 Å². The molecule has 0 aromatic carbocycles. The molecule has 0 unspecified atom stereocenters. The highest BCUT2D eigenvalue weighted by molar-refractivity contribution is 5.09. The topological polar surface area (TPSA) is 28.2 Å². The summed E-state index contributed by atoms with van der Waals surface area (Å²) in [5.74, 6) is 0. The van der Waals surface area contributed by atoms with Crippen molar-refractivity contribution in [3.05, 3.63) is 30.1 Å². The number of aromatic nitrogens is 1. The van der Waals surface area contributed by atoms with Crippen LogP contribution >= 0.6 is 0 Å². The van der Waals surface area contributed by atoms with Gasteiger partial charge in [0, 0.05) is 12.2 Å². The molecule has 1 fully saturated rings. The highest BCUT2D eigenvalue weighted by atomic mass is 15.2. The van der Waals surface area contributed by atoms with Gasteiger partial charge in [-0.1, -0.05) is 13.0 Å². The number of pyridine rings is 1. The van der Waals surface area contributed by atoms with Crippen LogP contribution in [0.3, 0.4) is 0 Å². The van der Waals surface area contributed by atoms with Crippen molar-refractivity contribution in [1.29, 1.82) is 0 Å². The molecule has 0 spiro atoms. The summed E-state index contributed by atoms with van der Waals surface area (Å²) in [5, 5.41) is 3.42. The summed E-state index contributed by atoms with van der Waals surface area (Å²) >= 11 is 0. The van der Waals surface area contributed by atoms with Crippen molar-refractivity contribution in [3.63, 3.8) is 0 Å². The normalized spacial score (nSPS) is 19.5. The Morgan fingerprint density at radius 3 is 2.76 bits per heavy atom. The zero-order chi connectivity index (χ0) is 12.1. The summed E-state index contributed by atoms with van der Waals surface area (Å²) < 4.78 is 0. The molecule has 2 rings (SSSR count).